The van der Waals surface area contributed by atoms with Crippen molar-refractivity contribution in [3.05, 3.63) is 29.8 Å². The molecule has 1 rings (SSSR count). The normalized spacial score (nSPS) is 12.4. The molecule has 0 aliphatic carbocycles. The Morgan fingerprint density at radius 1 is 1.03 bits per heavy atom. The number of hydrogen-bond donors (Lipinski definition) is 1. The van der Waals surface area contributed by atoms with Gasteiger partial charge in [0.15, 0.2) is 0 Å². The number of carboxylic acid groups (broad SMARTS) is 1. The Hall–Kier alpha value is -2.12. The summed E-state index contributed by atoms with van der Waals surface area (Å²) in [6.45, 7) is 1.88. The molecule has 1 amide bonds. The van der Waals surface area contributed by atoms with Gasteiger partial charge in [0, 0.05) is 25.4 Å². The Balaban J connectivity index is 2.07. The highest BCUT2D eigenvalue weighted by Crippen LogP contribution is 2.12. The van der Waals surface area contributed by atoms with Crippen molar-refractivity contribution in [2.45, 2.75) is 57.6 Å². The number of ether oxygens (including phenoxy) is 2. The molecule has 1 aromatic rings. The maximum atomic E-state index is 12.1. The first-order valence-corrected chi connectivity index (χ1v) is 10.7. The number of hydrogen-bond acceptors (Lipinski definition) is 5. The average molecular weight is 423 g/mol. The molecule has 0 bridgehead atoms. The van der Waals surface area contributed by atoms with Gasteiger partial charge in [0.2, 0.25) is 5.91 Å². The molecule has 1 N–H and O–H groups in total. The van der Waals surface area contributed by atoms with Crippen LogP contribution >= 0.6 is 0 Å². The van der Waals surface area contributed by atoms with Gasteiger partial charge in [0.1, 0.15) is 5.75 Å². The maximum absolute atomic E-state index is 12.1. The molecule has 1 aromatic carbocycles. The predicted molar refractivity (Wildman–Crippen MR) is 115 cm³/mol. The molecule has 0 aliphatic rings. The van der Waals surface area contributed by atoms with Gasteiger partial charge in [-0.3, -0.25) is 4.79 Å². The van der Waals surface area contributed by atoms with Crippen molar-refractivity contribution < 1.29 is 28.7 Å². The fraction of sp³-hybridized carbons (Fsp3) is 0.652. The van der Waals surface area contributed by atoms with Crippen LogP contribution in [0.1, 0.15) is 50.5 Å². The number of carboxylic acids is 1. The van der Waals surface area contributed by atoms with Gasteiger partial charge in [-0.1, -0.05) is 31.4 Å². The molecular weight excluding hydrogens is 384 g/mol. The number of nitrogens with zero attached hydrogens (tertiary/aromatic N) is 1. The van der Waals surface area contributed by atoms with Crippen molar-refractivity contribution in [2.24, 2.45) is 0 Å². The lowest BCUT2D eigenvalue weighted by Gasteiger charge is -2.30. The van der Waals surface area contributed by atoms with Gasteiger partial charge in [0.05, 0.1) is 47.4 Å². The second kappa shape index (κ2) is 14.0. The van der Waals surface area contributed by atoms with Crippen LogP contribution in [0.15, 0.2) is 24.3 Å². The molecule has 170 valence electrons. The van der Waals surface area contributed by atoms with Gasteiger partial charge in [0.25, 0.3) is 0 Å². The summed E-state index contributed by atoms with van der Waals surface area (Å²) in [4.78, 5) is 23.0. The lowest BCUT2D eigenvalue weighted by molar-refractivity contribution is -0.871. The van der Waals surface area contributed by atoms with E-state index in [1.54, 1.807) is 7.11 Å². The number of carbonyl (C=O) groups is 2. The van der Waals surface area contributed by atoms with E-state index in [0.717, 1.165) is 50.0 Å². The summed E-state index contributed by atoms with van der Waals surface area (Å²) >= 11 is 0. The van der Waals surface area contributed by atoms with E-state index in [-0.39, 0.29) is 12.3 Å². The number of aliphatic carboxylic acids is 1. The Kier molecular flexibility index (Phi) is 12.1. The van der Waals surface area contributed by atoms with Crippen molar-refractivity contribution in [1.82, 2.24) is 5.32 Å². The van der Waals surface area contributed by atoms with E-state index in [0.29, 0.717) is 24.1 Å². The van der Waals surface area contributed by atoms with E-state index >= 15 is 0 Å². The third-order valence-corrected chi connectivity index (χ3v) is 4.67. The molecule has 0 saturated heterocycles. The molecule has 7 heteroatoms. The van der Waals surface area contributed by atoms with Crippen LogP contribution in [0, 0.1) is 0 Å². The predicted octanol–water partition coefficient (Wildman–Crippen LogP) is 1.88. The summed E-state index contributed by atoms with van der Waals surface area (Å²) in [7, 11) is 7.55. The molecule has 0 fully saturated rings. The Morgan fingerprint density at radius 2 is 1.67 bits per heavy atom. The van der Waals surface area contributed by atoms with Crippen molar-refractivity contribution >= 4 is 11.9 Å². The van der Waals surface area contributed by atoms with Gasteiger partial charge in [-0.25, -0.2) is 0 Å². The minimum Gasteiger partial charge on any atom is -0.550 e. The maximum Gasteiger partial charge on any atom is 0.220 e. The third-order valence-electron chi connectivity index (χ3n) is 4.67. The summed E-state index contributed by atoms with van der Waals surface area (Å²) in [5.41, 5.74) is 1.13. The van der Waals surface area contributed by atoms with E-state index < -0.39 is 12.0 Å². The summed E-state index contributed by atoms with van der Waals surface area (Å²) < 4.78 is 11.4. The van der Waals surface area contributed by atoms with Crippen molar-refractivity contribution in [3.8, 4) is 5.75 Å². The van der Waals surface area contributed by atoms with Crippen LogP contribution < -0.4 is 15.2 Å². The SMILES string of the molecule is COc1ccc(COCCCCCCCC(=O)N[C@H](CC(=O)[O-])C[N+](C)(C)C)cc1. The van der Waals surface area contributed by atoms with E-state index in [4.69, 9.17) is 9.47 Å². The topological polar surface area (TPSA) is 87.7 Å². The first-order valence-electron chi connectivity index (χ1n) is 10.7. The number of unbranched alkanes of at least 4 members (excludes halogenated alkanes) is 4. The highest BCUT2D eigenvalue weighted by atomic mass is 16.5. The van der Waals surface area contributed by atoms with Gasteiger partial charge < -0.3 is 29.2 Å². The van der Waals surface area contributed by atoms with E-state index in [1.165, 1.54) is 0 Å². The van der Waals surface area contributed by atoms with E-state index in [1.807, 2.05) is 45.4 Å². The van der Waals surface area contributed by atoms with Crippen LogP contribution in [0.25, 0.3) is 0 Å². The minimum atomic E-state index is -1.14. The third kappa shape index (κ3) is 13.2. The highest BCUT2D eigenvalue weighted by molar-refractivity contribution is 5.77. The van der Waals surface area contributed by atoms with Crippen molar-refractivity contribution in [3.63, 3.8) is 0 Å². The monoisotopic (exact) mass is 422 g/mol. The molecular formula is C23H38N2O5. The highest BCUT2D eigenvalue weighted by Gasteiger charge is 2.20. The Labute approximate surface area is 180 Å². The van der Waals surface area contributed by atoms with Gasteiger partial charge in [-0.15, -0.1) is 0 Å². The first-order chi connectivity index (χ1) is 14.2. The molecule has 0 spiro atoms. The molecule has 0 aromatic heterocycles. The molecule has 0 unspecified atom stereocenters. The van der Waals surface area contributed by atoms with Crippen LogP contribution in [0.3, 0.4) is 0 Å². The van der Waals surface area contributed by atoms with Crippen molar-refractivity contribution in [1.29, 1.82) is 0 Å². The first kappa shape index (κ1) is 25.9. The zero-order valence-electron chi connectivity index (χ0n) is 18.9. The fourth-order valence-electron chi connectivity index (χ4n) is 3.26. The largest absolute Gasteiger partial charge is 0.550 e. The van der Waals surface area contributed by atoms with Crippen LogP contribution in [-0.2, 0) is 20.9 Å². The number of methoxy groups -OCH3 is 1. The Bertz CT molecular complexity index is 625. The number of rotatable bonds is 16. The van der Waals surface area contributed by atoms with Gasteiger partial charge in [-0.05, 0) is 30.5 Å². The number of nitrogens with one attached hydrogen (secondary N) is 1. The van der Waals surface area contributed by atoms with Crippen molar-refractivity contribution in [2.75, 3.05) is 41.4 Å². The number of benzene rings is 1. The zero-order valence-corrected chi connectivity index (χ0v) is 18.9. The lowest BCUT2D eigenvalue weighted by atomic mass is 10.1. The van der Waals surface area contributed by atoms with Gasteiger partial charge >= 0.3 is 0 Å². The van der Waals surface area contributed by atoms with Crippen LogP contribution in [0.2, 0.25) is 0 Å². The lowest BCUT2D eigenvalue weighted by Crippen LogP contribution is -2.50. The van der Waals surface area contributed by atoms with Crippen LogP contribution in [0.4, 0.5) is 0 Å². The smallest absolute Gasteiger partial charge is 0.220 e. The number of amides is 1. The summed E-state index contributed by atoms with van der Waals surface area (Å²) in [5, 5.41) is 13.7. The molecule has 0 heterocycles. The minimum absolute atomic E-state index is 0.0856. The summed E-state index contributed by atoms with van der Waals surface area (Å²) in [6, 6.07) is 7.46. The number of carbonyl (C=O) groups excluding carboxylic acids is 2. The summed E-state index contributed by atoms with van der Waals surface area (Å²) in [5.74, 6) is -0.379. The van der Waals surface area contributed by atoms with Crippen LogP contribution in [-0.4, -0.2) is 63.8 Å². The number of likely N-dealkylation sites (N-methyl/N-ethyl adjacent to an activating group) is 1. The summed E-state index contributed by atoms with van der Waals surface area (Å²) in [6.07, 6.45) is 5.18. The standard InChI is InChI=1S/C23H38N2O5/c1-25(2,3)17-20(16-23(27)28)24-22(26)10-8-6-5-7-9-15-30-18-19-11-13-21(29-4)14-12-19/h11-14,20H,5-10,15-18H2,1-4H3,(H-,24,26,27,28)/t20-/m1/s1. The molecule has 0 saturated carbocycles. The van der Waals surface area contributed by atoms with Gasteiger partial charge in [-0.2, -0.15) is 0 Å². The van der Waals surface area contributed by atoms with Crippen LogP contribution in [0.5, 0.6) is 5.75 Å². The Morgan fingerprint density at radius 3 is 2.27 bits per heavy atom. The zero-order chi connectivity index (χ0) is 22.4. The molecule has 30 heavy (non-hydrogen) atoms. The quantitative estimate of drug-likeness (QED) is 0.325. The van der Waals surface area contributed by atoms with E-state index in [2.05, 4.69) is 5.32 Å². The molecule has 0 radical (unpaired) electrons. The second-order valence-corrected chi connectivity index (χ2v) is 8.73. The average Bonchev–Trinajstić information content (AvgIpc) is 2.65. The van der Waals surface area contributed by atoms with E-state index in [9.17, 15) is 14.7 Å². The number of quaternary nitrogens is 1. The molecule has 7 nitrogen and oxygen atoms in total. The fourth-order valence-corrected chi connectivity index (χ4v) is 3.26. The molecule has 1 atom stereocenters. The molecule has 0 aliphatic heterocycles. The second-order valence-electron chi connectivity index (χ2n) is 8.73.